The van der Waals surface area contributed by atoms with E-state index in [2.05, 4.69) is 48.7 Å². The highest BCUT2D eigenvalue weighted by Gasteiger charge is 2.37. The van der Waals surface area contributed by atoms with Gasteiger partial charge in [0.25, 0.3) is 5.56 Å². The van der Waals surface area contributed by atoms with E-state index in [1.54, 1.807) is 16.7 Å². The van der Waals surface area contributed by atoms with E-state index in [0.717, 1.165) is 42.9 Å². The molecule has 2 bridgehead atoms. The fourth-order valence-electron chi connectivity index (χ4n) is 5.34. The van der Waals surface area contributed by atoms with Crippen LogP contribution in [0.4, 0.5) is 0 Å². The van der Waals surface area contributed by atoms with Gasteiger partial charge in [0.2, 0.25) is 0 Å². The smallest absolute Gasteiger partial charge is 0.258 e. The molecule has 5 heteroatoms. The first-order chi connectivity index (χ1) is 15.1. The Morgan fingerprint density at radius 3 is 2.74 bits per heavy atom. The van der Waals surface area contributed by atoms with Gasteiger partial charge in [0.05, 0.1) is 24.7 Å². The molecule has 0 spiro atoms. The molecule has 31 heavy (non-hydrogen) atoms. The molecular formula is C26H26N3OS+. The topological polar surface area (TPSA) is 50.2 Å². The molecule has 5 rings (SSSR count). The summed E-state index contributed by atoms with van der Waals surface area (Å²) >= 11 is 1.71. The molecule has 3 atom stereocenters. The van der Waals surface area contributed by atoms with Gasteiger partial charge >= 0.3 is 0 Å². The third kappa shape index (κ3) is 3.94. The summed E-state index contributed by atoms with van der Waals surface area (Å²) < 4.78 is 2.05. The van der Waals surface area contributed by atoms with E-state index in [1.165, 1.54) is 22.6 Å². The van der Waals surface area contributed by atoms with E-state index in [4.69, 9.17) is 0 Å². The molecule has 0 saturated carbocycles. The first kappa shape index (κ1) is 20.1. The number of rotatable bonds is 4. The largest absolute Gasteiger partial charge is 0.330 e. The van der Waals surface area contributed by atoms with E-state index in [9.17, 15) is 10.1 Å². The van der Waals surface area contributed by atoms with Crippen molar-refractivity contribution in [1.29, 1.82) is 5.26 Å². The van der Waals surface area contributed by atoms with Gasteiger partial charge in [-0.3, -0.25) is 4.79 Å². The van der Waals surface area contributed by atoms with Crippen LogP contribution in [0.3, 0.4) is 0 Å². The first-order valence-corrected chi connectivity index (χ1v) is 12.1. The maximum absolute atomic E-state index is 13.4. The van der Waals surface area contributed by atoms with Crippen molar-refractivity contribution in [2.45, 2.75) is 30.3 Å². The molecule has 1 unspecified atom stereocenters. The van der Waals surface area contributed by atoms with E-state index >= 15 is 0 Å². The van der Waals surface area contributed by atoms with Crippen LogP contribution in [0.15, 0.2) is 70.4 Å². The van der Waals surface area contributed by atoms with Gasteiger partial charge in [-0.2, -0.15) is 5.26 Å². The van der Waals surface area contributed by atoms with Gasteiger partial charge in [-0.1, -0.05) is 24.3 Å². The lowest BCUT2D eigenvalue weighted by atomic mass is 9.82. The van der Waals surface area contributed by atoms with Gasteiger partial charge in [-0.05, 0) is 54.6 Å². The van der Waals surface area contributed by atoms with Crippen LogP contribution >= 0.6 is 11.8 Å². The van der Waals surface area contributed by atoms with Crippen LogP contribution < -0.4 is 10.5 Å². The molecule has 0 amide bonds. The third-order valence-electron chi connectivity index (χ3n) is 6.71. The Balaban J connectivity index is 1.40. The minimum absolute atomic E-state index is 0.147. The lowest BCUT2D eigenvalue weighted by Crippen LogP contribution is -3.13. The summed E-state index contributed by atoms with van der Waals surface area (Å²) in [5, 5.41) is 9.18. The van der Waals surface area contributed by atoms with Gasteiger partial charge in [0.1, 0.15) is 6.54 Å². The first-order valence-electron chi connectivity index (χ1n) is 10.9. The highest BCUT2D eigenvalue weighted by atomic mass is 32.2. The standard InChI is InChI=1S/C26H25N3OS/c1-31-23-7-5-21(6-8-23)24-9-10-25-22-12-20(16-29(25)26(24)30)15-28(17-22)14-19-4-2-3-18(11-19)13-27/h2-11,20,22H,12,14-17H2,1H3/p+1/t20-,22+/m0/s1. The maximum atomic E-state index is 13.4. The van der Waals surface area contributed by atoms with E-state index in [-0.39, 0.29) is 5.56 Å². The van der Waals surface area contributed by atoms with Gasteiger partial charge in [-0.25, -0.2) is 0 Å². The zero-order chi connectivity index (χ0) is 21.4. The van der Waals surface area contributed by atoms with E-state index < -0.39 is 0 Å². The number of nitriles is 1. The second-order valence-corrected chi connectivity index (χ2v) is 9.64. The summed E-state index contributed by atoms with van der Waals surface area (Å²) in [6, 6.07) is 22.7. The molecule has 4 nitrogen and oxygen atoms in total. The Morgan fingerprint density at radius 2 is 1.97 bits per heavy atom. The number of fused-ring (bicyclic) bond motifs is 4. The molecule has 3 heterocycles. The van der Waals surface area contributed by atoms with Crippen molar-refractivity contribution < 1.29 is 4.90 Å². The number of pyridine rings is 1. The fraction of sp³-hybridized carbons (Fsp3) is 0.308. The molecule has 0 aliphatic carbocycles. The molecule has 3 aromatic rings. The molecule has 1 fully saturated rings. The van der Waals surface area contributed by atoms with Crippen LogP contribution in [0.1, 0.15) is 29.2 Å². The van der Waals surface area contributed by atoms with Crippen LogP contribution in [0.2, 0.25) is 0 Å². The Labute approximate surface area is 187 Å². The Morgan fingerprint density at radius 1 is 1.13 bits per heavy atom. The van der Waals surface area contributed by atoms with Gasteiger partial charge in [0, 0.05) is 40.1 Å². The monoisotopic (exact) mass is 428 g/mol. The summed E-state index contributed by atoms with van der Waals surface area (Å²) in [7, 11) is 0. The molecule has 156 valence electrons. The summed E-state index contributed by atoms with van der Waals surface area (Å²) in [6.45, 7) is 3.86. The average Bonchev–Trinajstić information content (AvgIpc) is 2.80. The number of quaternary nitrogens is 1. The highest BCUT2D eigenvalue weighted by molar-refractivity contribution is 7.98. The SMILES string of the molecule is CSc1ccc(-c2ccc3n(c2=O)C[C@H]2C[C@@H]3C[NH+](Cc3cccc(C#N)c3)C2)cc1. The van der Waals surface area contributed by atoms with Crippen molar-refractivity contribution in [1.82, 2.24) is 4.57 Å². The average molecular weight is 429 g/mol. The van der Waals surface area contributed by atoms with Crippen molar-refractivity contribution in [2.24, 2.45) is 5.92 Å². The van der Waals surface area contributed by atoms with Crippen LogP contribution in [0.5, 0.6) is 0 Å². The predicted octanol–water partition coefficient (Wildman–Crippen LogP) is 3.31. The zero-order valence-corrected chi connectivity index (χ0v) is 18.5. The summed E-state index contributed by atoms with van der Waals surface area (Å²) in [6.07, 6.45) is 3.23. The summed E-state index contributed by atoms with van der Waals surface area (Å²) in [5.74, 6) is 0.939. The number of aromatic nitrogens is 1. The van der Waals surface area contributed by atoms with E-state index in [1.807, 2.05) is 28.8 Å². The Kier molecular flexibility index (Phi) is 5.43. The van der Waals surface area contributed by atoms with Gasteiger partial charge in [-0.15, -0.1) is 11.8 Å². The zero-order valence-electron chi connectivity index (χ0n) is 17.7. The van der Waals surface area contributed by atoms with Crippen molar-refractivity contribution in [3.8, 4) is 17.2 Å². The van der Waals surface area contributed by atoms with Crippen molar-refractivity contribution >= 4 is 11.8 Å². The lowest BCUT2D eigenvalue weighted by molar-refractivity contribution is -0.924. The minimum atomic E-state index is 0.147. The number of piperidine rings is 1. The second-order valence-electron chi connectivity index (χ2n) is 8.76. The van der Waals surface area contributed by atoms with E-state index in [0.29, 0.717) is 11.8 Å². The number of nitrogens with zero attached hydrogens (tertiary/aromatic N) is 2. The van der Waals surface area contributed by atoms with Crippen LogP contribution in [-0.2, 0) is 13.1 Å². The lowest BCUT2D eigenvalue weighted by Gasteiger charge is -2.40. The fourth-order valence-corrected chi connectivity index (χ4v) is 5.75. The Hall–Kier alpha value is -2.81. The van der Waals surface area contributed by atoms with Crippen LogP contribution in [0, 0.1) is 17.2 Å². The maximum Gasteiger partial charge on any atom is 0.258 e. The minimum Gasteiger partial charge on any atom is -0.330 e. The highest BCUT2D eigenvalue weighted by Crippen LogP contribution is 2.32. The number of nitrogens with one attached hydrogen (secondary N) is 1. The molecule has 2 aliphatic rings. The number of hydrogen-bond donors (Lipinski definition) is 1. The number of benzene rings is 2. The number of likely N-dealkylation sites (tertiary alicyclic amines) is 1. The summed E-state index contributed by atoms with van der Waals surface area (Å²) in [5.41, 5.74) is 5.08. The molecule has 1 N–H and O–H groups in total. The number of thioether (sulfide) groups is 1. The Bertz CT molecular complexity index is 1210. The van der Waals surface area contributed by atoms with Crippen LogP contribution in [-0.4, -0.2) is 23.9 Å². The molecule has 2 aromatic carbocycles. The third-order valence-corrected chi connectivity index (χ3v) is 7.45. The molecule has 0 radical (unpaired) electrons. The van der Waals surface area contributed by atoms with Crippen molar-refractivity contribution in [3.63, 3.8) is 0 Å². The van der Waals surface area contributed by atoms with Crippen LogP contribution in [0.25, 0.3) is 11.1 Å². The second kappa shape index (κ2) is 8.37. The van der Waals surface area contributed by atoms with Crippen molar-refractivity contribution in [2.75, 3.05) is 19.3 Å². The van der Waals surface area contributed by atoms with Crippen molar-refractivity contribution in [3.05, 3.63) is 87.8 Å². The molecule has 1 aromatic heterocycles. The van der Waals surface area contributed by atoms with Gasteiger partial charge in [0.15, 0.2) is 0 Å². The normalized spacial score (nSPS) is 21.9. The molecular weight excluding hydrogens is 402 g/mol. The molecule has 2 aliphatic heterocycles. The molecule has 1 saturated heterocycles. The predicted molar refractivity (Wildman–Crippen MR) is 124 cm³/mol. The quantitative estimate of drug-likeness (QED) is 0.649. The van der Waals surface area contributed by atoms with Gasteiger partial charge < -0.3 is 9.47 Å². The summed E-state index contributed by atoms with van der Waals surface area (Å²) in [4.78, 5) is 16.1. The number of hydrogen-bond acceptors (Lipinski definition) is 3.